The quantitative estimate of drug-likeness (QED) is 0.221. The summed E-state index contributed by atoms with van der Waals surface area (Å²) in [5, 5.41) is 25.0. The molecule has 4 rings (SSSR count). The molecule has 0 saturated carbocycles. The van der Waals surface area contributed by atoms with Crippen molar-refractivity contribution in [1.82, 2.24) is 20.4 Å². The van der Waals surface area contributed by atoms with Crippen LogP contribution in [-0.4, -0.2) is 88.9 Å². The number of nitrogens with one attached hydrogen (secondary N) is 2. The van der Waals surface area contributed by atoms with Gasteiger partial charge in [0.1, 0.15) is 11.8 Å². The number of carboxylic acids is 1. The average Bonchev–Trinajstić information content (AvgIpc) is 2.90. The second-order valence-electron chi connectivity index (χ2n) is 8.98. The van der Waals surface area contributed by atoms with Crippen molar-refractivity contribution in [3.05, 3.63) is 63.1 Å². The number of urea groups is 1. The summed E-state index contributed by atoms with van der Waals surface area (Å²) in [5.74, 6) is -5.21. The van der Waals surface area contributed by atoms with Gasteiger partial charge in [-0.15, -0.1) is 0 Å². The zero-order valence-electron chi connectivity index (χ0n) is 20.8. The Bertz CT molecular complexity index is 1360. The molecular weight excluding hydrogens is 568 g/mol. The van der Waals surface area contributed by atoms with Crippen LogP contribution in [0.4, 0.5) is 4.79 Å². The number of hydrogen-bond donors (Lipinski definition) is 5. The second-order valence-corrected chi connectivity index (χ2v) is 9.80. The molecule has 0 aliphatic carbocycles. The van der Waals surface area contributed by atoms with E-state index in [1.54, 1.807) is 6.07 Å². The molecule has 2 atom stereocenters. The number of carbonyl (C=O) groups excluding carboxylic acids is 4. The predicted octanol–water partition coefficient (Wildman–Crippen LogP) is 0.211. The first kappa shape index (κ1) is 29.1. The van der Waals surface area contributed by atoms with Gasteiger partial charge in [-0.05, 0) is 30.2 Å². The smallest absolute Gasteiger partial charge is 0.534 e. The number of rotatable bonds is 7. The third kappa shape index (κ3) is 5.84. The fourth-order valence-electron chi connectivity index (χ4n) is 4.48. The molecule has 210 valence electrons. The molecule has 13 nitrogen and oxygen atoms in total. The number of carbonyl (C=O) groups is 5. The van der Waals surface area contributed by atoms with E-state index < -0.39 is 48.8 Å². The molecule has 6 N–H and O–H groups in total. The van der Waals surface area contributed by atoms with E-state index in [0.29, 0.717) is 10.5 Å². The summed E-state index contributed by atoms with van der Waals surface area (Å²) in [4.78, 5) is 65.1. The molecule has 0 spiro atoms. The zero-order valence-corrected chi connectivity index (χ0v) is 22.3. The number of piperazine rings is 1. The number of nitrogens with zero attached hydrogens (tertiary/aromatic N) is 2. The van der Waals surface area contributed by atoms with Gasteiger partial charge in [0.2, 0.25) is 5.91 Å². The molecule has 5 amide bonds. The molecule has 1 fully saturated rings. The molecule has 2 aliphatic rings. The Kier molecular flexibility index (Phi) is 8.84. The highest BCUT2D eigenvalue weighted by molar-refractivity contribution is 6.47. The number of hydrogen-bond acceptors (Lipinski definition) is 8. The maximum Gasteiger partial charge on any atom is 0.547 e. The van der Waals surface area contributed by atoms with Gasteiger partial charge in [-0.1, -0.05) is 41.4 Å². The van der Waals surface area contributed by atoms with E-state index in [4.69, 9.17) is 33.6 Å². The monoisotopic (exact) mass is 591 g/mol. The van der Waals surface area contributed by atoms with Crippen LogP contribution in [0.5, 0.6) is 5.75 Å². The van der Waals surface area contributed by atoms with Gasteiger partial charge in [-0.25, -0.2) is 9.59 Å². The highest BCUT2D eigenvalue weighted by Crippen LogP contribution is 2.33. The lowest BCUT2D eigenvalue weighted by molar-refractivity contribution is -0.153. The minimum atomic E-state index is -1.63. The van der Waals surface area contributed by atoms with Crippen molar-refractivity contribution < 1.29 is 38.8 Å². The third-order valence-electron chi connectivity index (χ3n) is 6.45. The molecule has 0 bridgehead atoms. The number of imide groups is 1. The first-order valence-corrected chi connectivity index (χ1v) is 12.8. The van der Waals surface area contributed by atoms with Crippen LogP contribution in [-0.2, 0) is 20.8 Å². The van der Waals surface area contributed by atoms with Crippen molar-refractivity contribution in [3.8, 4) is 5.75 Å². The predicted molar refractivity (Wildman–Crippen MR) is 143 cm³/mol. The molecule has 0 radical (unpaired) electrons. The van der Waals surface area contributed by atoms with Gasteiger partial charge in [-0.3, -0.25) is 19.3 Å². The fraction of sp³-hybridized carbons (Fsp3) is 0.292. The molecule has 16 heteroatoms. The minimum absolute atomic E-state index is 0.00360. The van der Waals surface area contributed by atoms with Gasteiger partial charge < -0.3 is 36.1 Å². The summed E-state index contributed by atoms with van der Waals surface area (Å²) in [6.07, 6.45) is -0.00360. The third-order valence-corrected chi connectivity index (χ3v) is 7.11. The highest BCUT2D eigenvalue weighted by Gasteiger charge is 2.41. The van der Waals surface area contributed by atoms with E-state index in [-0.39, 0.29) is 59.5 Å². The summed E-state index contributed by atoms with van der Waals surface area (Å²) in [6, 6.07) is 6.22. The lowest BCUT2D eigenvalue weighted by Crippen LogP contribution is -2.60. The number of fused-ring (bicyclic) bond motifs is 1. The summed E-state index contributed by atoms with van der Waals surface area (Å²) in [6.45, 7) is 0.196. The Labute approximate surface area is 238 Å². The Morgan fingerprint density at radius 3 is 2.42 bits per heavy atom. The molecule has 0 aromatic heterocycles. The van der Waals surface area contributed by atoms with Crippen LogP contribution in [0, 0.1) is 0 Å². The topological polar surface area (TPSA) is 192 Å². The van der Waals surface area contributed by atoms with Gasteiger partial charge in [0.25, 0.3) is 0 Å². The standard InChI is InChI=1S/C24H24BCl2N5O8/c26-14-5-2-6-15(27)17(14)18(30-24(38)32-10-9-31(8-7-28)21(34)22(32)35)20(33)29-16-11-12-3-1-4-13(23(36)37)19(12)40-25(16)39/h1-6,16,18,39H,7-11,28H2,(H,29,33)(H,30,38)(H,36,37)/t16-,18+/m0/s1. The Morgan fingerprint density at radius 2 is 1.77 bits per heavy atom. The minimum Gasteiger partial charge on any atom is -0.534 e. The van der Waals surface area contributed by atoms with Crippen LogP contribution in [0.25, 0.3) is 0 Å². The SMILES string of the molecule is NCCN1CCN(C(=O)N[C@@H](C(=O)N[C@H]2Cc3cccc(C(=O)O)c3OB2O)c2c(Cl)cccc2Cl)C(=O)C1=O. The summed E-state index contributed by atoms with van der Waals surface area (Å²) in [5.41, 5.74) is 5.75. The van der Waals surface area contributed by atoms with E-state index in [2.05, 4.69) is 10.6 Å². The maximum absolute atomic E-state index is 13.6. The maximum atomic E-state index is 13.6. The van der Waals surface area contributed by atoms with Gasteiger partial charge >= 0.3 is 30.9 Å². The zero-order chi connectivity index (χ0) is 29.1. The van der Waals surface area contributed by atoms with Crippen molar-refractivity contribution in [3.63, 3.8) is 0 Å². The Balaban J connectivity index is 1.58. The number of amides is 5. The highest BCUT2D eigenvalue weighted by atomic mass is 35.5. The second kappa shape index (κ2) is 12.1. The van der Waals surface area contributed by atoms with Crippen molar-refractivity contribution in [2.45, 2.75) is 18.4 Å². The molecule has 1 saturated heterocycles. The normalized spacial score (nSPS) is 17.6. The number of benzene rings is 2. The van der Waals surface area contributed by atoms with Crippen LogP contribution < -0.4 is 21.0 Å². The van der Waals surface area contributed by atoms with Crippen LogP contribution in [0.3, 0.4) is 0 Å². The van der Waals surface area contributed by atoms with E-state index in [1.807, 2.05) is 0 Å². The van der Waals surface area contributed by atoms with E-state index in [1.165, 1.54) is 35.2 Å². The lowest BCUT2D eigenvalue weighted by atomic mass is 9.72. The van der Waals surface area contributed by atoms with Gasteiger partial charge in [0.15, 0.2) is 0 Å². The van der Waals surface area contributed by atoms with Crippen LogP contribution >= 0.6 is 23.2 Å². The molecule has 2 heterocycles. The number of carboxylic acid groups (broad SMARTS) is 1. The van der Waals surface area contributed by atoms with E-state index in [0.717, 1.165) is 0 Å². The lowest BCUT2D eigenvalue weighted by Gasteiger charge is -2.34. The van der Waals surface area contributed by atoms with Crippen molar-refractivity contribution in [1.29, 1.82) is 0 Å². The fourth-order valence-corrected chi connectivity index (χ4v) is 5.09. The molecule has 0 unspecified atom stereocenters. The largest absolute Gasteiger partial charge is 0.547 e. The first-order valence-electron chi connectivity index (χ1n) is 12.1. The average molecular weight is 592 g/mol. The van der Waals surface area contributed by atoms with Crippen LogP contribution in [0.15, 0.2) is 36.4 Å². The summed E-state index contributed by atoms with van der Waals surface area (Å²) in [7, 11) is -1.63. The van der Waals surface area contributed by atoms with Crippen molar-refractivity contribution in [2.75, 3.05) is 26.2 Å². The Hall–Kier alpha value is -3.85. The van der Waals surface area contributed by atoms with Crippen LogP contribution in [0.2, 0.25) is 10.0 Å². The molecular formula is C24H24BCl2N5O8. The summed E-state index contributed by atoms with van der Waals surface area (Å²) >= 11 is 12.7. The van der Waals surface area contributed by atoms with Gasteiger partial charge in [0, 0.05) is 41.8 Å². The van der Waals surface area contributed by atoms with Crippen molar-refractivity contribution >= 4 is 60.0 Å². The number of nitrogens with two attached hydrogens (primary N) is 1. The van der Waals surface area contributed by atoms with E-state index >= 15 is 0 Å². The van der Waals surface area contributed by atoms with Gasteiger partial charge in [0.05, 0.1) is 11.5 Å². The van der Waals surface area contributed by atoms with Crippen molar-refractivity contribution in [2.24, 2.45) is 5.73 Å². The first-order chi connectivity index (χ1) is 19.0. The molecule has 2 aromatic rings. The number of para-hydroxylation sites is 1. The Morgan fingerprint density at radius 1 is 1.10 bits per heavy atom. The molecule has 2 aliphatic heterocycles. The number of halogens is 2. The summed E-state index contributed by atoms with van der Waals surface area (Å²) < 4.78 is 5.42. The molecule has 2 aromatic carbocycles. The van der Waals surface area contributed by atoms with E-state index in [9.17, 15) is 34.1 Å². The van der Waals surface area contributed by atoms with Gasteiger partial charge in [-0.2, -0.15) is 0 Å². The number of aromatic carboxylic acids is 1. The van der Waals surface area contributed by atoms with Crippen LogP contribution in [0.1, 0.15) is 27.5 Å². The molecule has 40 heavy (non-hydrogen) atoms.